The van der Waals surface area contributed by atoms with Crippen LogP contribution in [0.1, 0.15) is 36.3 Å². The van der Waals surface area contributed by atoms with Gasteiger partial charge >= 0.3 is 0 Å². The maximum absolute atomic E-state index is 13.2. The standard InChI is InChI=1S/C20H23N3O2S/c1-3-16-5-4-15(10-21-16)18(24)22-11-14(2)20(13-22)7-8-23(19(20)25)17-6-9-26-12-17/h4-6,9-10,12,14H,3,7-8,11,13H2,1-2H3/t14-,20-/m1/s1. The highest BCUT2D eigenvalue weighted by Gasteiger charge is 2.56. The normalized spacial score (nSPS) is 25.5. The molecule has 0 bridgehead atoms. The third-order valence-corrected chi connectivity index (χ3v) is 6.57. The van der Waals surface area contributed by atoms with Gasteiger partial charge in [-0.1, -0.05) is 13.8 Å². The lowest BCUT2D eigenvalue weighted by Gasteiger charge is -2.26. The van der Waals surface area contributed by atoms with E-state index in [9.17, 15) is 9.59 Å². The van der Waals surface area contributed by atoms with Gasteiger partial charge in [0.2, 0.25) is 5.91 Å². The summed E-state index contributed by atoms with van der Waals surface area (Å²) in [6.45, 7) is 6.00. The van der Waals surface area contributed by atoms with Crippen LogP contribution in [0.15, 0.2) is 35.2 Å². The van der Waals surface area contributed by atoms with Crippen LogP contribution in [0.25, 0.3) is 0 Å². The van der Waals surface area contributed by atoms with Crippen molar-refractivity contribution in [2.45, 2.75) is 26.7 Å². The van der Waals surface area contributed by atoms with Gasteiger partial charge in [0.1, 0.15) is 0 Å². The van der Waals surface area contributed by atoms with Crippen LogP contribution in [-0.2, 0) is 11.2 Å². The number of rotatable bonds is 3. The molecule has 0 aliphatic carbocycles. The number of amides is 2. The van der Waals surface area contributed by atoms with E-state index in [1.54, 1.807) is 17.5 Å². The summed E-state index contributed by atoms with van der Waals surface area (Å²) in [5.74, 6) is 0.300. The average molecular weight is 369 g/mol. The minimum absolute atomic E-state index is 0.0225. The second-order valence-corrected chi connectivity index (χ2v) is 8.10. The van der Waals surface area contributed by atoms with Crippen LogP contribution >= 0.6 is 11.3 Å². The summed E-state index contributed by atoms with van der Waals surface area (Å²) in [4.78, 5) is 34.2. The lowest BCUT2D eigenvalue weighted by molar-refractivity contribution is -0.126. The molecule has 2 aromatic rings. The van der Waals surface area contributed by atoms with Gasteiger partial charge in [-0.2, -0.15) is 11.3 Å². The lowest BCUT2D eigenvalue weighted by atomic mass is 9.78. The fourth-order valence-corrected chi connectivity index (χ4v) is 4.86. The molecule has 4 heterocycles. The predicted molar refractivity (Wildman–Crippen MR) is 102 cm³/mol. The topological polar surface area (TPSA) is 53.5 Å². The van der Waals surface area contributed by atoms with Crippen LogP contribution < -0.4 is 4.90 Å². The van der Waals surface area contributed by atoms with Gasteiger partial charge in [-0.15, -0.1) is 0 Å². The van der Waals surface area contributed by atoms with E-state index >= 15 is 0 Å². The van der Waals surface area contributed by atoms with Crippen molar-refractivity contribution >= 4 is 28.8 Å². The lowest BCUT2D eigenvalue weighted by Crippen LogP contribution is -2.40. The summed E-state index contributed by atoms with van der Waals surface area (Å²) in [5.41, 5.74) is 2.11. The number of hydrogen-bond acceptors (Lipinski definition) is 4. The summed E-state index contributed by atoms with van der Waals surface area (Å²) in [7, 11) is 0. The first-order valence-corrected chi connectivity index (χ1v) is 10.1. The van der Waals surface area contributed by atoms with E-state index in [0.29, 0.717) is 18.7 Å². The minimum Gasteiger partial charge on any atom is -0.337 e. The smallest absolute Gasteiger partial charge is 0.255 e. The first-order chi connectivity index (χ1) is 12.5. The highest BCUT2D eigenvalue weighted by molar-refractivity contribution is 7.08. The quantitative estimate of drug-likeness (QED) is 0.835. The van der Waals surface area contributed by atoms with E-state index in [-0.39, 0.29) is 17.7 Å². The zero-order valence-corrected chi connectivity index (χ0v) is 16.0. The van der Waals surface area contributed by atoms with Crippen molar-refractivity contribution in [3.63, 3.8) is 0 Å². The van der Waals surface area contributed by atoms with Gasteiger partial charge in [0.05, 0.1) is 16.7 Å². The molecule has 0 saturated carbocycles. The summed E-state index contributed by atoms with van der Waals surface area (Å²) in [6, 6.07) is 5.74. The zero-order chi connectivity index (χ0) is 18.3. The predicted octanol–water partition coefficient (Wildman–Crippen LogP) is 3.22. The molecule has 0 radical (unpaired) electrons. The van der Waals surface area contributed by atoms with Crippen LogP contribution in [0.4, 0.5) is 5.69 Å². The summed E-state index contributed by atoms with van der Waals surface area (Å²) < 4.78 is 0. The Hall–Kier alpha value is -2.21. The number of aromatic nitrogens is 1. The van der Waals surface area contributed by atoms with Gasteiger partial charge < -0.3 is 9.80 Å². The molecule has 6 heteroatoms. The molecule has 0 aromatic carbocycles. The van der Waals surface area contributed by atoms with Crippen LogP contribution in [0.3, 0.4) is 0 Å². The monoisotopic (exact) mass is 369 g/mol. The molecule has 2 atom stereocenters. The summed E-state index contributed by atoms with van der Waals surface area (Å²) >= 11 is 1.60. The molecule has 2 saturated heterocycles. The second kappa shape index (κ2) is 6.50. The maximum atomic E-state index is 13.2. The number of aryl methyl sites for hydroxylation is 1. The maximum Gasteiger partial charge on any atom is 0.255 e. The van der Waals surface area contributed by atoms with Gasteiger partial charge in [-0.3, -0.25) is 14.6 Å². The van der Waals surface area contributed by atoms with Crippen LogP contribution in [0.5, 0.6) is 0 Å². The van der Waals surface area contributed by atoms with Crippen molar-refractivity contribution in [1.82, 2.24) is 9.88 Å². The van der Waals surface area contributed by atoms with Crippen molar-refractivity contribution in [2.75, 3.05) is 24.5 Å². The molecule has 0 unspecified atom stereocenters. The van der Waals surface area contributed by atoms with Gasteiger partial charge in [-0.25, -0.2) is 0 Å². The van der Waals surface area contributed by atoms with Crippen LogP contribution in [-0.4, -0.2) is 41.3 Å². The first-order valence-electron chi connectivity index (χ1n) is 9.13. The van der Waals surface area contributed by atoms with Crippen LogP contribution in [0.2, 0.25) is 0 Å². The molecule has 1 spiro atoms. The number of carbonyl (C=O) groups is 2. The second-order valence-electron chi connectivity index (χ2n) is 7.32. The third-order valence-electron chi connectivity index (χ3n) is 5.90. The number of carbonyl (C=O) groups excluding carboxylic acids is 2. The zero-order valence-electron chi connectivity index (χ0n) is 15.1. The Morgan fingerprint density at radius 1 is 1.38 bits per heavy atom. The molecular weight excluding hydrogens is 346 g/mol. The average Bonchev–Trinajstić information content (AvgIpc) is 3.37. The Labute approximate surface area is 157 Å². The van der Waals surface area contributed by atoms with Gasteiger partial charge in [0, 0.05) is 36.9 Å². The number of pyridine rings is 1. The van der Waals surface area contributed by atoms with Crippen molar-refractivity contribution in [3.05, 3.63) is 46.4 Å². The largest absolute Gasteiger partial charge is 0.337 e. The van der Waals surface area contributed by atoms with E-state index in [4.69, 9.17) is 0 Å². The summed E-state index contributed by atoms with van der Waals surface area (Å²) in [5, 5.41) is 4.01. The van der Waals surface area contributed by atoms with Gasteiger partial charge in [0.15, 0.2) is 0 Å². The Balaban J connectivity index is 1.54. The Bertz CT molecular complexity index is 818. The molecule has 2 fully saturated rings. The fourth-order valence-electron chi connectivity index (χ4n) is 4.21. The van der Waals surface area contributed by atoms with E-state index in [2.05, 4.69) is 11.9 Å². The molecule has 5 nitrogen and oxygen atoms in total. The van der Waals surface area contributed by atoms with Crippen molar-refractivity contribution in [3.8, 4) is 0 Å². The molecule has 2 aromatic heterocycles. The number of hydrogen-bond donors (Lipinski definition) is 0. The minimum atomic E-state index is -0.450. The molecule has 2 aliphatic rings. The highest BCUT2D eigenvalue weighted by atomic mass is 32.1. The van der Waals surface area contributed by atoms with E-state index in [0.717, 1.165) is 30.8 Å². The highest BCUT2D eigenvalue weighted by Crippen LogP contribution is 2.46. The van der Waals surface area contributed by atoms with Gasteiger partial charge in [-0.05, 0) is 42.3 Å². The number of likely N-dealkylation sites (tertiary alicyclic amines) is 1. The number of anilines is 1. The number of thiophene rings is 1. The fraction of sp³-hybridized carbons (Fsp3) is 0.450. The Morgan fingerprint density at radius 3 is 2.88 bits per heavy atom. The van der Waals surface area contributed by atoms with E-state index < -0.39 is 5.41 Å². The van der Waals surface area contributed by atoms with Crippen molar-refractivity contribution in [2.24, 2.45) is 11.3 Å². The van der Waals surface area contributed by atoms with Gasteiger partial charge in [0.25, 0.3) is 5.91 Å². The molecule has 26 heavy (non-hydrogen) atoms. The molecule has 136 valence electrons. The molecule has 0 N–H and O–H groups in total. The summed E-state index contributed by atoms with van der Waals surface area (Å²) in [6.07, 6.45) is 3.32. The molecule has 4 rings (SSSR count). The van der Waals surface area contributed by atoms with Crippen LogP contribution in [0, 0.1) is 11.3 Å². The van der Waals surface area contributed by atoms with E-state index in [1.807, 2.05) is 45.7 Å². The first kappa shape index (κ1) is 17.2. The molecule has 2 aliphatic heterocycles. The Kier molecular flexibility index (Phi) is 4.31. The Morgan fingerprint density at radius 2 is 2.23 bits per heavy atom. The van der Waals surface area contributed by atoms with Crippen molar-refractivity contribution in [1.29, 1.82) is 0 Å². The van der Waals surface area contributed by atoms with Crippen molar-refractivity contribution < 1.29 is 9.59 Å². The third kappa shape index (κ3) is 2.63. The van der Waals surface area contributed by atoms with E-state index in [1.165, 1.54) is 0 Å². The molecule has 2 amide bonds. The molecular formula is C20H23N3O2S. The SMILES string of the molecule is CCc1ccc(C(=O)N2C[C@@H](C)[C@@]3(CCN(c4ccsc4)C3=O)C2)cn1. The number of nitrogens with zero attached hydrogens (tertiary/aromatic N) is 3.